The minimum Gasteiger partial charge on any atom is -0.493 e. The lowest BCUT2D eigenvalue weighted by atomic mass is 9.86. The smallest absolute Gasteiger partial charge is 0.169 e. The van der Waals surface area contributed by atoms with Crippen molar-refractivity contribution in [2.24, 2.45) is 17.8 Å². The van der Waals surface area contributed by atoms with Crippen LogP contribution in [0.15, 0.2) is 30.3 Å². The highest BCUT2D eigenvalue weighted by Gasteiger charge is 2.40. The van der Waals surface area contributed by atoms with Crippen molar-refractivity contribution < 1.29 is 23.8 Å². The fourth-order valence-corrected chi connectivity index (χ4v) is 7.03. The summed E-state index contributed by atoms with van der Waals surface area (Å²) in [4.78, 5) is 15.9. The number of carbonyl (C=O) groups is 1. The fourth-order valence-electron chi connectivity index (χ4n) is 6.49. The number of carbonyl (C=O) groups excluding carboxylic acids is 1. The first-order valence-corrected chi connectivity index (χ1v) is 15.5. The van der Waals surface area contributed by atoms with Crippen molar-refractivity contribution in [2.45, 2.75) is 77.0 Å². The third-order valence-corrected chi connectivity index (χ3v) is 9.47. The van der Waals surface area contributed by atoms with E-state index in [9.17, 15) is 9.90 Å². The maximum atomic E-state index is 15.4. The van der Waals surface area contributed by atoms with Crippen LogP contribution >= 0.6 is 23.2 Å². The van der Waals surface area contributed by atoms with E-state index in [-0.39, 0.29) is 23.3 Å². The summed E-state index contributed by atoms with van der Waals surface area (Å²) in [5, 5.41) is 11.7. The lowest BCUT2D eigenvalue weighted by Gasteiger charge is -2.36. The van der Waals surface area contributed by atoms with Crippen molar-refractivity contribution in [3.05, 3.63) is 62.9 Å². The van der Waals surface area contributed by atoms with Gasteiger partial charge in [-0.1, -0.05) is 29.6 Å². The number of piperidine rings is 1. The van der Waals surface area contributed by atoms with E-state index in [1.165, 1.54) is 6.07 Å². The lowest BCUT2D eigenvalue weighted by Crippen LogP contribution is -2.37. The number of Topliss-reactive ketones (excluding diaryl/α,β-unsaturated/α-hetero) is 1. The van der Waals surface area contributed by atoms with Gasteiger partial charge < -0.3 is 14.6 Å². The SMILES string of the molecule is CCOC(O)[C@@H]1CCC[C@H]1C(=O)c1cc(C2CC2)c(OCC2CCN([C@@H](C)c3cc(Cl)cc(Cl)c3)CC2)cc1F. The van der Waals surface area contributed by atoms with Gasteiger partial charge in [-0.05, 0) is 113 Å². The van der Waals surface area contributed by atoms with E-state index in [0.29, 0.717) is 53.7 Å². The second-order valence-corrected chi connectivity index (χ2v) is 12.6. The molecule has 1 unspecified atom stereocenters. The summed E-state index contributed by atoms with van der Waals surface area (Å²) in [6.07, 6.45) is 5.21. The van der Waals surface area contributed by atoms with Gasteiger partial charge in [0.2, 0.25) is 0 Å². The van der Waals surface area contributed by atoms with Crippen LogP contribution < -0.4 is 4.74 Å². The van der Waals surface area contributed by atoms with Crippen molar-refractivity contribution in [3.8, 4) is 5.75 Å². The van der Waals surface area contributed by atoms with E-state index in [1.807, 2.05) is 19.1 Å². The van der Waals surface area contributed by atoms with Gasteiger partial charge in [-0.2, -0.15) is 0 Å². The van der Waals surface area contributed by atoms with Gasteiger partial charge in [-0.25, -0.2) is 4.39 Å². The first kappa shape index (κ1) is 29.8. The van der Waals surface area contributed by atoms with E-state index >= 15 is 4.39 Å². The topological polar surface area (TPSA) is 59.0 Å². The molecule has 3 aliphatic rings. The number of ether oxygens (including phenoxy) is 2. The molecular formula is C32H40Cl2FNO4. The standard InChI is InChI=1S/C32H40Cl2FNO4/c1-3-39-32(38)26-6-4-5-25(26)31(37)28-16-27(21-7-8-21)30(17-29(28)35)40-18-20-9-11-36(12-10-20)19(2)22-13-23(33)15-24(34)14-22/h13-17,19-21,25-26,32,38H,3-12,18H2,1-2H3/t19-,25+,26+,32?/m0/s1. The summed E-state index contributed by atoms with van der Waals surface area (Å²) >= 11 is 12.4. The Morgan fingerprint density at radius 1 is 1.05 bits per heavy atom. The predicted molar refractivity (Wildman–Crippen MR) is 156 cm³/mol. The highest BCUT2D eigenvalue weighted by molar-refractivity contribution is 6.34. The van der Waals surface area contributed by atoms with E-state index in [2.05, 4.69) is 11.8 Å². The predicted octanol–water partition coefficient (Wildman–Crippen LogP) is 7.82. The van der Waals surface area contributed by atoms with Gasteiger partial charge >= 0.3 is 0 Å². The molecule has 0 radical (unpaired) electrons. The molecule has 2 aromatic rings. The van der Waals surface area contributed by atoms with Crippen molar-refractivity contribution >= 4 is 29.0 Å². The number of hydrogen-bond donors (Lipinski definition) is 1. The van der Waals surface area contributed by atoms with Crippen LogP contribution in [0, 0.1) is 23.6 Å². The van der Waals surface area contributed by atoms with Crippen LogP contribution in [0.5, 0.6) is 5.75 Å². The third kappa shape index (κ3) is 6.84. The Morgan fingerprint density at radius 2 is 1.75 bits per heavy atom. The number of rotatable bonds is 11. The molecule has 5 rings (SSSR count). The van der Waals surface area contributed by atoms with E-state index in [4.69, 9.17) is 32.7 Å². The van der Waals surface area contributed by atoms with Gasteiger partial charge in [0, 0.05) is 40.6 Å². The Hall–Kier alpha value is -1.70. The molecule has 0 spiro atoms. The van der Waals surface area contributed by atoms with Gasteiger partial charge in [0.25, 0.3) is 0 Å². The van der Waals surface area contributed by atoms with Gasteiger partial charge in [0.05, 0.1) is 12.2 Å². The van der Waals surface area contributed by atoms with Gasteiger partial charge in [0.15, 0.2) is 12.1 Å². The molecule has 1 N–H and O–H groups in total. The van der Waals surface area contributed by atoms with E-state index in [1.54, 1.807) is 12.1 Å². The van der Waals surface area contributed by atoms with Crippen LogP contribution in [0.4, 0.5) is 4.39 Å². The van der Waals surface area contributed by atoms with Crippen LogP contribution in [0.2, 0.25) is 10.0 Å². The van der Waals surface area contributed by atoms with Crippen molar-refractivity contribution in [1.29, 1.82) is 0 Å². The number of ketones is 1. The Labute approximate surface area is 246 Å². The first-order chi connectivity index (χ1) is 19.2. The summed E-state index contributed by atoms with van der Waals surface area (Å²) in [6, 6.07) is 9.07. The molecule has 8 heteroatoms. The Kier molecular flexibility index (Phi) is 9.74. The van der Waals surface area contributed by atoms with Crippen molar-refractivity contribution in [1.82, 2.24) is 4.90 Å². The molecule has 0 aromatic heterocycles. The maximum absolute atomic E-state index is 15.4. The molecule has 5 nitrogen and oxygen atoms in total. The average molecular weight is 593 g/mol. The highest BCUT2D eigenvalue weighted by atomic mass is 35.5. The molecule has 0 bridgehead atoms. The molecule has 1 heterocycles. The summed E-state index contributed by atoms with van der Waals surface area (Å²) in [5.41, 5.74) is 2.18. The number of nitrogens with zero attached hydrogens (tertiary/aromatic N) is 1. The summed E-state index contributed by atoms with van der Waals surface area (Å²) in [7, 11) is 0. The van der Waals surface area contributed by atoms with Crippen LogP contribution in [-0.2, 0) is 4.74 Å². The Bertz CT molecular complexity index is 1180. The first-order valence-electron chi connectivity index (χ1n) is 14.7. The van der Waals surface area contributed by atoms with Gasteiger partial charge in [0.1, 0.15) is 11.6 Å². The maximum Gasteiger partial charge on any atom is 0.169 e. The molecule has 40 heavy (non-hydrogen) atoms. The summed E-state index contributed by atoms with van der Waals surface area (Å²) in [5.74, 6) is -0.232. The monoisotopic (exact) mass is 591 g/mol. The fraction of sp³-hybridized carbons (Fsp3) is 0.594. The minimum absolute atomic E-state index is 0.123. The average Bonchev–Trinajstić information content (AvgIpc) is 3.66. The summed E-state index contributed by atoms with van der Waals surface area (Å²) < 4.78 is 27.0. The lowest BCUT2D eigenvalue weighted by molar-refractivity contribution is -0.135. The number of aliphatic hydroxyl groups excluding tert-OH is 1. The Morgan fingerprint density at radius 3 is 2.40 bits per heavy atom. The second kappa shape index (κ2) is 13.1. The molecule has 2 aromatic carbocycles. The molecule has 4 atom stereocenters. The van der Waals surface area contributed by atoms with Crippen LogP contribution in [0.3, 0.4) is 0 Å². The Balaban J connectivity index is 1.21. The van der Waals surface area contributed by atoms with Crippen LogP contribution in [0.1, 0.15) is 92.2 Å². The zero-order valence-electron chi connectivity index (χ0n) is 23.4. The zero-order chi connectivity index (χ0) is 28.4. The molecule has 1 saturated heterocycles. The molecular weight excluding hydrogens is 552 g/mol. The zero-order valence-corrected chi connectivity index (χ0v) is 24.9. The van der Waals surface area contributed by atoms with E-state index in [0.717, 1.165) is 56.3 Å². The molecule has 0 amide bonds. The molecule has 1 aliphatic heterocycles. The summed E-state index contributed by atoms with van der Waals surface area (Å²) in [6.45, 7) is 6.77. The second-order valence-electron chi connectivity index (χ2n) is 11.7. The normalized spacial score (nSPS) is 23.8. The largest absolute Gasteiger partial charge is 0.493 e. The number of benzene rings is 2. The van der Waals surface area contributed by atoms with Crippen molar-refractivity contribution in [3.63, 3.8) is 0 Å². The van der Waals surface area contributed by atoms with Crippen molar-refractivity contribution in [2.75, 3.05) is 26.3 Å². The van der Waals surface area contributed by atoms with Crippen LogP contribution in [0.25, 0.3) is 0 Å². The minimum atomic E-state index is -0.993. The quantitative estimate of drug-likeness (QED) is 0.213. The molecule has 2 aliphatic carbocycles. The molecule has 3 fully saturated rings. The number of halogens is 3. The molecule has 218 valence electrons. The van der Waals surface area contributed by atoms with Gasteiger partial charge in [-0.3, -0.25) is 9.69 Å². The van der Waals surface area contributed by atoms with Crippen LogP contribution in [-0.4, -0.2) is 48.4 Å². The molecule has 2 saturated carbocycles. The number of aliphatic hydroxyl groups is 1. The third-order valence-electron chi connectivity index (χ3n) is 9.03. The number of likely N-dealkylation sites (tertiary alicyclic amines) is 1. The van der Waals surface area contributed by atoms with E-state index < -0.39 is 18.0 Å². The highest BCUT2D eigenvalue weighted by Crippen LogP contribution is 2.46. The number of hydrogen-bond acceptors (Lipinski definition) is 5. The van der Waals surface area contributed by atoms with Gasteiger partial charge in [-0.15, -0.1) is 0 Å².